The van der Waals surface area contributed by atoms with E-state index in [-0.39, 0.29) is 5.84 Å². The third kappa shape index (κ3) is 5.03. The number of rotatable bonds is 6. The Kier molecular flexibility index (Phi) is 5.94. The first-order chi connectivity index (χ1) is 7.73. The molecule has 0 aromatic carbocycles. The number of nitrogens with two attached hydrogens (primary N) is 1. The summed E-state index contributed by atoms with van der Waals surface area (Å²) in [5.74, 6) is -0.793. The van der Waals surface area contributed by atoms with Crippen LogP contribution in [-0.2, 0) is 14.6 Å². The summed E-state index contributed by atoms with van der Waals surface area (Å²) < 4.78 is 22.4. The average molecular weight is 265 g/mol. The molecule has 17 heavy (non-hydrogen) atoms. The first-order valence-electron chi connectivity index (χ1n) is 5.20. The van der Waals surface area contributed by atoms with Gasteiger partial charge in [0.1, 0.15) is 5.25 Å². The Morgan fingerprint density at radius 2 is 2.06 bits per heavy atom. The summed E-state index contributed by atoms with van der Waals surface area (Å²) in [6.07, 6.45) is 2.15. The SMILES string of the molecule is CCCC(NC(=O)C(C)S(C)(=O)=O)C(N)=NO. The molecule has 100 valence electrons. The first kappa shape index (κ1) is 15.7. The molecular weight excluding hydrogens is 246 g/mol. The molecule has 1 amide bonds. The van der Waals surface area contributed by atoms with Crippen LogP contribution in [0.1, 0.15) is 26.7 Å². The standard InChI is InChI=1S/C9H19N3O4S/c1-4-5-7(8(10)12-14)11-9(13)6(2)17(3,15)16/h6-7,14H,4-5H2,1-3H3,(H2,10,12)(H,11,13). The Labute approximate surface area is 101 Å². The fourth-order valence-electron chi connectivity index (χ4n) is 1.14. The van der Waals surface area contributed by atoms with Gasteiger partial charge in [-0.2, -0.15) is 0 Å². The van der Waals surface area contributed by atoms with Gasteiger partial charge in [0.25, 0.3) is 0 Å². The lowest BCUT2D eigenvalue weighted by molar-refractivity contribution is -0.120. The zero-order valence-corrected chi connectivity index (χ0v) is 11.0. The summed E-state index contributed by atoms with van der Waals surface area (Å²) in [6.45, 7) is 3.16. The highest BCUT2D eigenvalue weighted by molar-refractivity contribution is 7.92. The summed E-state index contributed by atoms with van der Waals surface area (Å²) in [7, 11) is -3.45. The van der Waals surface area contributed by atoms with Crippen LogP contribution < -0.4 is 11.1 Å². The van der Waals surface area contributed by atoms with Gasteiger partial charge in [0.2, 0.25) is 5.91 Å². The molecule has 8 heteroatoms. The third-order valence-electron chi connectivity index (χ3n) is 2.38. The lowest BCUT2D eigenvalue weighted by atomic mass is 10.1. The second-order valence-electron chi connectivity index (χ2n) is 3.85. The summed E-state index contributed by atoms with van der Waals surface area (Å²) in [6, 6.07) is -0.651. The minimum absolute atomic E-state index is 0.138. The van der Waals surface area contributed by atoms with Crippen molar-refractivity contribution in [2.45, 2.75) is 38.0 Å². The van der Waals surface area contributed by atoms with Gasteiger partial charge in [-0.3, -0.25) is 4.79 Å². The van der Waals surface area contributed by atoms with Crippen molar-refractivity contribution in [2.24, 2.45) is 10.9 Å². The summed E-state index contributed by atoms with van der Waals surface area (Å²) >= 11 is 0. The maximum absolute atomic E-state index is 11.6. The third-order valence-corrected chi connectivity index (χ3v) is 3.88. The van der Waals surface area contributed by atoms with E-state index >= 15 is 0 Å². The van der Waals surface area contributed by atoms with Gasteiger partial charge in [-0.25, -0.2) is 8.42 Å². The molecule has 0 rings (SSSR count). The van der Waals surface area contributed by atoms with Crippen molar-refractivity contribution in [3.05, 3.63) is 0 Å². The number of nitrogens with one attached hydrogen (secondary N) is 1. The summed E-state index contributed by atoms with van der Waals surface area (Å²) in [5.41, 5.74) is 5.40. The van der Waals surface area contributed by atoms with Crippen LogP contribution in [0.15, 0.2) is 5.16 Å². The van der Waals surface area contributed by atoms with E-state index in [9.17, 15) is 13.2 Å². The molecule has 0 radical (unpaired) electrons. The van der Waals surface area contributed by atoms with Crippen molar-refractivity contribution in [1.82, 2.24) is 5.32 Å². The molecule has 0 aromatic rings. The summed E-state index contributed by atoms with van der Waals surface area (Å²) in [4.78, 5) is 11.6. The number of hydrogen-bond acceptors (Lipinski definition) is 5. The number of amides is 1. The van der Waals surface area contributed by atoms with Gasteiger partial charge in [-0.1, -0.05) is 18.5 Å². The van der Waals surface area contributed by atoms with Crippen molar-refractivity contribution in [3.63, 3.8) is 0 Å². The highest BCUT2D eigenvalue weighted by Crippen LogP contribution is 2.02. The smallest absolute Gasteiger partial charge is 0.238 e. The van der Waals surface area contributed by atoms with Crippen LogP contribution in [0, 0.1) is 0 Å². The van der Waals surface area contributed by atoms with Crippen molar-refractivity contribution in [1.29, 1.82) is 0 Å². The lowest BCUT2D eigenvalue weighted by Crippen LogP contribution is -2.49. The predicted octanol–water partition coefficient (Wildman–Crippen LogP) is -0.549. The van der Waals surface area contributed by atoms with Gasteiger partial charge in [0.05, 0.1) is 6.04 Å². The van der Waals surface area contributed by atoms with Crippen LogP contribution in [0.25, 0.3) is 0 Å². The Morgan fingerprint density at radius 3 is 2.41 bits per heavy atom. The van der Waals surface area contributed by atoms with E-state index in [0.29, 0.717) is 12.8 Å². The molecule has 4 N–H and O–H groups in total. The number of carbonyl (C=O) groups excluding carboxylic acids is 1. The second-order valence-corrected chi connectivity index (χ2v) is 6.21. The Morgan fingerprint density at radius 1 is 1.53 bits per heavy atom. The van der Waals surface area contributed by atoms with E-state index in [0.717, 1.165) is 6.26 Å². The number of nitrogens with zero attached hydrogens (tertiary/aromatic N) is 1. The van der Waals surface area contributed by atoms with E-state index in [2.05, 4.69) is 10.5 Å². The van der Waals surface area contributed by atoms with Crippen molar-refractivity contribution < 1.29 is 18.4 Å². The van der Waals surface area contributed by atoms with E-state index < -0.39 is 27.0 Å². The molecule has 0 bridgehead atoms. The Balaban J connectivity index is 4.73. The second kappa shape index (κ2) is 6.43. The molecule has 0 fully saturated rings. The zero-order valence-electron chi connectivity index (χ0n) is 10.2. The van der Waals surface area contributed by atoms with Crippen LogP contribution in [0.4, 0.5) is 0 Å². The van der Waals surface area contributed by atoms with Gasteiger partial charge in [0.15, 0.2) is 15.7 Å². The van der Waals surface area contributed by atoms with Gasteiger partial charge in [-0.05, 0) is 13.3 Å². The maximum Gasteiger partial charge on any atom is 0.238 e. The number of sulfone groups is 1. The molecule has 0 spiro atoms. The van der Waals surface area contributed by atoms with Crippen molar-refractivity contribution in [3.8, 4) is 0 Å². The Hall–Kier alpha value is -1.31. The van der Waals surface area contributed by atoms with Crippen molar-refractivity contribution >= 4 is 21.6 Å². The molecular formula is C9H19N3O4S. The monoisotopic (exact) mass is 265 g/mol. The summed E-state index contributed by atoms with van der Waals surface area (Å²) in [5, 5.41) is 12.6. The predicted molar refractivity (Wildman–Crippen MR) is 64.6 cm³/mol. The van der Waals surface area contributed by atoms with E-state index in [1.807, 2.05) is 6.92 Å². The van der Waals surface area contributed by atoms with Crippen LogP contribution in [-0.4, -0.2) is 42.9 Å². The average Bonchev–Trinajstić information content (AvgIpc) is 2.24. The van der Waals surface area contributed by atoms with Crippen LogP contribution in [0.5, 0.6) is 0 Å². The van der Waals surface area contributed by atoms with Gasteiger partial charge in [0, 0.05) is 6.26 Å². The van der Waals surface area contributed by atoms with Crippen LogP contribution in [0.3, 0.4) is 0 Å². The minimum atomic E-state index is -3.45. The highest BCUT2D eigenvalue weighted by atomic mass is 32.2. The molecule has 2 unspecified atom stereocenters. The molecule has 0 saturated heterocycles. The molecule has 2 atom stereocenters. The fraction of sp³-hybridized carbons (Fsp3) is 0.778. The van der Waals surface area contributed by atoms with Crippen molar-refractivity contribution in [2.75, 3.05) is 6.26 Å². The number of oxime groups is 1. The van der Waals surface area contributed by atoms with E-state index in [1.165, 1.54) is 6.92 Å². The largest absolute Gasteiger partial charge is 0.409 e. The fourth-order valence-corrected chi connectivity index (χ4v) is 1.59. The molecule has 0 saturated carbocycles. The van der Waals surface area contributed by atoms with Gasteiger partial charge in [-0.15, -0.1) is 0 Å². The molecule has 7 nitrogen and oxygen atoms in total. The number of hydrogen-bond donors (Lipinski definition) is 3. The maximum atomic E-state index is 11.6. The van der Waals surface area contributed by atoms with Gasteiger partial charge < -0.3 is 16.3 Å². The quantitative estimate of drug-likeness (QED) is 0.257. The molecule has 0 heterocycles. The van der Waals surface area contributed by atoms with Gasteiger partial charge >= 0.3 is 0 Å². The molecule has 0 aliphatic rings. The minimum Gasteiger partial charge on any atom is -0.409 e. The van der Waals surface area contributed by atoms with E-state index in [1.54, 1.807) is 0 Å². The normalized spacial score (nSPS) is 16.3. The highest BCUT2D eigenvalue weighted by Gasteiger charge is 2.26. The number of amidine groups is 1. The lowest BCUT2D eigenvalue weighted by Gasteiger charge is -2.18. The molecule has 0 aromatic heterocycles. The first-order valence-corrected chi connectivity index (χ1v) is 7.16. The molecule has 0 aliphatic heterocycles. The van der Waals surface area contributed by atoms with Crippen LogP contribution in [0.2, 0.25) is 0 Å². The Bertz CT molecular complexity index is 391. The zero-order chi connectivity index (χ0) is 13.6. The van der Waals surface area contributed by atoms with Crippen LogP contribution >= 0.6 is 0 Å². The van der Waals surface area contributed by atoms with E-state index in [4.69, 9.17) is 10.9 Å². The topological polar surface area (TPSA) is 122 Å². The molecule has 0 aliphatic carbocycles. The number of carbonyl (C=O) groups is 1.